The number of anilines is 1. The zero-order valence-electron chi connectivity index (χ0n) is 14.8. The van der Waals surface area contributed by atoms with Crippen molar-refractivity contribution < 1.29 is 18.9 Å². The van der Waals surface area contributed by atoms with Gasteiger partial charge in [-0.1, -0.05) is 12.7 Å². The van der Waals surface area contributed by atoms with E-state index in [4.69, 9.17) is 14.1 Å². The Morgan fingerprint density at radius 1 is 1.07 bits per heavy atom. The van der Waals surface area contributed by atoms with Crippen LogP contribution in [0.1, 0.15) is 17.3 Å². The number of hydrogen-bond donors (Lipinski definition) is 1. The fraction of sp³-hybridized carbons (Fsp3) is 0.150. The summed E-state index contributed by atoms with van der Waals surface area (Å²) in [5, 5.41) is 10.4. The van der Waals surface area contributed by atoms with Crippen LogP contribution in [0.25, 0.3) is 11.3 Å². The maximum atomic E-state index is 12.5. The fourth-order valence-electron chi connectivity index (χ4n) is 2.37. The first-order chi connectivity index (χ1) is 13.2. The SMILES string of the molecule is C=CCOc1ccc(C(=O)Nc2nonc2-c2ccc(OCC)cc2)cc1. The summed E-state index contributed by atoms with van der Waals surface area (Å²) < 4.78 is 15.6. The molecule has 3 aromatic rings. The molecular formula is C20H19N3O4. The summed E-state index contributed by atoms with van der Waals surface area (Å²) in [6, 6.07) is 14.1. The van der Waals surface area contributed by atoms with Gasteiger partial charge in [0.15, 0.2) is 5.69 Å². The summed E-state index contributed by atoms with van der Waals surface area (Å²) in [7, 11) is 0. The van der Waals surface area contributed by atoms with Gasteiger partial charge in [-0.05, 0) is 65.8 Å². The molecule has 0 bridgehead atoms. The molecule has 3 rings (SSSR count). The zero-order valence-corrected chi connectivity index (χ0v) is 14.8. The van der Waals surface area contributed by atoms with Crippen molar-refractivity contribution in [2.75, 3.05) is 18.5 Å². The van der Waals surface area contributed by atoms with Gasteiger partial charge in [-0.25, -0.2) is 4.63 Å². The predicted molar refractivity (Wildman–Crippen MR) is 101 cm³/mol. The normalized spacial score (nSPS) is 10.3. The maximum Gasteiger partial charge on any atom is 0.256 e. The Hall–Kier alpha value is -3.61. The lowest BCUT2D eigenvalue weighted by atomic mass is 10.1. The van der Waals surface area contributed by atoms with Crippen LogP contribution in [0.4, 0.5) is 5.82 Å². The quantitative estimate of drug-likeness (QED) is 0.608. The van der Waals surface area contributed by atoms with Crippen LogP contribution in [0.15, 0.2) is 65.8 Å². The van der Waals surface area contributed by atoms with Gasteiger partial charge in [-0.2, -0.15) is 0 Å². The van der Waals surface area contributed by atoms with Gasteiger partial charge >= 0.3 is 0 Å². The Morgan fingerprint density at radius 2 is 1.74 bits per heavy atom. The molecular weight excluding hydrogens is 346 g/mol. The molecule has 0 spiro atoms. The second-order valence-corrected chi connectivity index (χ2v) is 5.50. The molecule has 27 heavy (non-hydrogen) atoms. The third kappa shape index (κ3) is 4.52. The molecule has 0 radical (unpaired) electrons. The number of carbonyl (C=O) groups is 1. The van der Waals surface area contributed by atoms with E-state index < -0.39 is 0 Å². The molecule has 0 fully saturated rings. The van der Waals surface area contributed by atoms with Gasteiger partial charge in [-0.3, -0.25) is 4.79 Å². The Labute approximate surface area is 156 Å². The number of carbonyl (C=O) groups excluding carboxylic acids is 1. The minimum atomic E-state index is -0.326. The molecule has 0 atom stereocenters. The summed E-state index contributed by atoms with van der Waals surface area (Å²) in [6.45, 7) is 6.50. The van der Waals surface area contributed by atoms with E-state index in [1.165, 1.54) is 0 Å². The van der Waals surface area contributed by atoms with Gasteiger partial charge in [0.1, 0.15) is 18.1 Å². The summed E-state index contributed by atoms with van der Waals surface area (Å²) in [4.78, 5) is 12.5. The van der Waals surface area contributed by atoms with E-state index in [9.17, 15) is 4.79 Å². The molecule has 2 aromatic carbocycles. The van der Waals surface area contributed by atoms with Crippen molar-refractivity contribution >= 4 is 11.7 Å². The molecule has 1 N–H and O–H groups in total. The van der Waals surface area contributed by atoms with Crippen molar-refractivity contribution in [3.63, 3.8) is 0 Å². The fourth-order valence-corrected chi connectivity index (χ4v) is 2.37. The molecule has 0 aliphatic carbocycles. The van der Waals surface area contributed by atoms with Crippen LogP contribution in [-0.2, 0) is 0 Å². The van der Waals surface area contributed by atoms with Crippen molar-refractivity contribution in [1.82, 2.24) is 10.3 Å². The minimum Gasteiger partial charge on any atom is -0.494 e. The van der Waals surface area contributed by atoms with Crippen LogP contribution in [0.3, 0.4) is 0 Å². The Balaban J connectivity index is 1.72. The lowest BCUT2D eigenvalue weighted by Gasteiger charge is -2.06. The average molecular weight is 365 g/mol. The molecule has 0 saturated carbocycles. The Kier molecular flexibility index (Phi) is 5.84. The van der Waals surface area contributed by atoms with Crippen molar-refractivity contribution in [1.29, 1.82) is 0 Å². The molecule has 138 valence electrons. The molecule has 0 saturated heterocycles. The molecule has 1 aromatic heterocycles. The molecule has 1 heterocycles. The van der Waals surface area contributed by atoms with E-state index in [-0.39, 0.29) is 11.7 Å². The van der Waals surface area contributed by atoms with Gasteiger partial charge in [0, 0.05) is 11.1 Å². The topological polar surface area (TPSA) is 86.5 Å². The number of nitrogens with one attached hydrogen (secondary N) is 1. The van der Waals surface area contributed by atoms with E-state index >= 15 is 0 Å². The van der Waals surface area contributed by atoms with Gasteiger partial charge in [0.25, 0.3) is 5.91 Å². The predicted octanol–water partition coefficient (Wildman–Crippen LogP) is 3.95. The van der Waals surface area contributed by atoms with Crippen LogP contribution < -0.4 is 14.8 Å². The zero-order chi connectivity index (χ0) is 19.1. The summed E-state index contributed by atoms with van der Waals surface area (Å²) in [5.74, 6) is 1.33. The van der Waals surface area contributed by atoms with E-state index in [0.29, 0.717) is 30.2 Å². The summed E-state index contributed by atoms with van der Waals surface area (Å²) in [6.07, 6.45) is 1.65. The van der Waals surface area contributed by atoms with E-state index in [1.54, 1.807) is 30.3 Å². The molecule has 0 unspecified atom stereocenters. The first-order valence-electron chi connectivity index (χ1n) is 8.42. The van der Waals surface area contributed by atoms with Gasteiger partial charge in [0.05, 0.1) is 6.61 Å². The van der Waals surface area contributed by atoms with Crippen LogP contribution in [0.2, 0.25) is 0 Å². The highest BCUT2D eigenvalue weighted by Gasteiger charge is 2.16. The highest BCUT2D eigenvalue weighted by molar-refractivity contribution is 6.05. The molecule has 7 nitrogen and oxygen atoms in total. The van der Waals surface area contributed by atoms with Crippen LogP contribution in [0, 0.1) is 0 Å². The Morgan fingerprint density at radius 3 is 2.41 bits per heavy atom. The number of aromatic nitrogens is 2. The number of hydrogen-bond acceptors (Lipinski definition) is 6. The number of ether oxygens (including phenoxy) is 2. The first kappa shape index (κ1) is 18.2. The number of nitrogens with zero attached hydrogens (tertiary/aromatic N) is 2. The summed E-state index contributed by atoms with van der Waals surface area (Å²) >= 11 is 0. The third-order valence-corrected chi connectivity index (χ3v) is 3.64. The maximum absolute atomic E-state index is 12.5. The standard InChI is InChI=1S/C20H19N3O4/c1-3-13-26-17-11-7-15(8-12-17)20(24)21-19-18(22-27-23-19)14-5-9-16(10-6-14)25-4-2/h3,5-12H,1,4,13H2,2H3,(H,21,23,24). The highest BCUT2D eigenvalue weighted by Crippen LogP contribution is 2.26. The lowest BCUT2D eigenvalue weighted by molar-refractivity contribution is 0.102. The molecule has 7 heteroatoms. The smallest absolute Gasteiger partial charge is 0.256 e. The van der Waals surface area contributed by atoms with Gasteiger partial charge in [-0.15, -0.1) is 0 Å². The van der Waals surface area contributed by atoms with Crippen molar-refractivity contribution in [3.8, 4) is 22.8 Å². The monoisotopic (exact) mass is 365 g/mol. The van der Waals surface area contributed by atoms with Crippen LogP contribution in [0.5, 0.6) is 11.5 Å². The van der Waals surface area contributed by atoms with E-state index in [2.05, 4.69) is 22.2 Å². The largest absolute Gasteiger partial charge is 0.494 e. The van der Waals surface area contributed by atoms with Crippen LogP contribution in [-0.4, -0.2) is 29.4 Å². The number of rotatable bonds is 8. The van der Waals surface area contributed by atoms with Gasteiger partial charge < -0.3 is 14.8 Å². The molecule has 0 aliphatic heterocycles. The number of amides is 1. The molecule has 1 amide bonds. The number of benzene rings is 2. The minimum absolute atomic E-state index is 0.246. The van der Waals surface area contributed by atoms with Gasteiger partial charge in [0.2, 0.25) is 5.82 Å². The average Bonchev–Trinajstić information content (AvgIpc) is 3.15. The van der Waals surface area contributed by atoms with Crippen molar-refractivity contribution in [3.05, 3.63) is 66.7 Å². The third-order valence-electron chi connectivity index (χ3n) is 3.64. The van der Waals surface area contributed by atoms with Crippen LogP contribution >= 0.6 is 0 Å². The van der Waals surface area contributed by atoms with E-state index in [0.717, 1.165) is 11.3 Å². The second kappa shape index (κ2) is 8.66. The van der Waals surface area contributed by atoms with E-state index in [1.807, 2.05) is 31.2 Å². The Bertz CT molecular complexity index is 902. The van der Waals surface area contributed by atoms with Crippen molar-refractivity contribution in [2.45, 2.75) is 6.92 Å². The lowest BCUT2D eigenvalue weighted by Crippen LogP contribution is -2.12. The molecule has 0 aliphatic rings. The second-order valence-electron chi connectivity index (χ2n) is 5.50. The summed E-state index contributed by atoms with van der Waals surface area (Å²) in [5.41, 5.74) is 1.65. The highest BCUT2D eigenvalue weighted by atomic mass is 16.6. The van der Waals surface area contributed by atoms with Crippen molar-refractivity contribution in [2.24, 2.45) is 0 Å². The first-order valence-corrected chi connectivity index (χ1v) is 8.42.